The van der Waals surface area contributed by atoms with Crippen LogP contribution in [0, 0.1) is 6.92 Å². The zero-order valence-corrected chi connectivity index (χ0v) is 12.4. The Balaban J connectivity index is 1.90. The number of fused-ring (bicyclic) bond motifs is 1. The van der Waals surface area contributed by atoms with Gasteiger partial charge < -0.3 is 4.74 Å². The Morgan fingerprint density at radius 3 is 3.05 bits per heavy atom. The van der Waals surface area contributed by atoms with Crippen molar-refractivity contribution in [2.75, 3.05) is 6.61 Å². The molecule has 5 heteroatoms. The zero-order valence-electron chi connectivity index (χ0n) is 11.5. The number of aryl methyl sites for hydroxylation is 2. The van der Waals surface area contributed by atoms with E-state index in [0.29, 0.717) is 6.61 Å². The van der Waals surface area contributed by atoms with Crippen LogP contribution in [0.4, 0.5) is 0 Å². The lowest BCUT2D eigenvalue weighted by atomic mass is 10.1. The average Bonchev–Trinajstić information content (AvgIpc) is 2.99. The van der Waals surface area contributed by atoms with Gasteiger partial charge in [-0.25, -0.2) is 4.98 Å². The quantitative estimate of drug-likeness (QED) is 0.814. The molecule has 1 aliphatic rings. The van der Waals surface area contributed by atoms with E-state index in [1.165, 1.54) is 4.88 Å². The van der Waals surface area contributed by atoms with Crippen LogP contribution in [0.15, 0.2) is 18.3 Å². The van der Waals surface area contributed by atoms with Crippen molar-refractivity contribution in [1.29, 1.82) is 0 Å². The number of carbonyl (C=O) groups excluding carboxylic acids is 1. The molecule has 0 N–H and O–H groups in total. The second kappa shape index (κ2) is 5.32. The Morgan fingerprint density at radius 1 is 1.50 bits per heavy atom. The molecule has 0 bridgehead atoms. The second-order valence-corrected chi connectivity index (χ2v) is 5.94. The first kappa shape index (κ1) is 13.2. The van der Waals surface area contributed by atoms with Crippen LogP contribution in [0.2, 0.25) is 0 Å². The summed E-state index contributed by atoms with van der Waals surface area (Å²) in [5.74, 6) is -0.335. The maximum absolute atomic E-state index is 11.9. The molecule has 1 atom stereocenters. The molecule has 3 rings (SSSR count). The summed E-state index contributed by atoms with van der Waals surface area (Å²) in [6.07, 6.45) is 3.57. The van der Waals surface area contributed by atoms with Crippen LogP contribution in [0.5, 0.6) is 0 Å². The number of aromatic nitrogens is 2. The Kier molecular flexibility index (Phi) is 3.53. The molecule has 0 aromatic carbocycles. The van der Waals surface area contributed by atoms with E-state index in [0.717, 1.165) is 34.8 Å². The SMILES string of the molecule is CCOC(=O)C1CCc2sc(-c3ccc(C)nc3)nc21. The van der Waals surface area contributed by atoms with Crippen molar-refractivity contribution in [1.82, 2.24) is 9.97 Å². The Bertz CT molecular complexity index is 634. The number of pyridine rings is 1. The lowest BCUT2D eigenvalue weighted by Crippen LogP contribution is -2.14. The number of ether oxygens (including phenoxy) is 1. The fraction of sp³-hybridized carbons (Fsp3) is 0.400. The minimum atomic E-state index is -0.187. The van der Waals surface area contributed by atoms with Crippen LogP contribution >= 0.6 is 11.3 Å². The molecular formula is C15H16N2O2S. The molecular weight excluding hydrogens is 272 g/mol. The van der Waals surface area contributed by atoms with Crippen LogP contribution in [0.1, 0.15) is 35.5 Å². The smallest absolute Gasteiger partial charge is 0.315 e. The summed E-state index contributed by atoms with van der Waals surface area (Å²) in [5, 5.41) is 0.941. The molecule has 2 aromatic rings. The highest BCUT2D eigenvalue weighted by atomic mass is 32.1. The van der Waals surface area contributed by atoms with E-state index >= 15 is 0 Å². The summed E-state index contributed by atoms with van der Waals surface area (Å²) in [5.41, 5.74) is 2.91. The van der Waals surface area contributed by atoms with E-state index in [9.17, 15) is 4.79 Å². The molecule has 4 nitrogen and oxygen atoms in total. The van der Waals surface area contributed by atoms with Gasteiger partial charge in [-0.15, -0.1) is 11.3 Å². The van der Waals surface area contributed by atoms with E-state index in [1.807, 2.05) is 32.2 Å². The maximum Gasteiger partial charge on any atom is 0.315 e. The van der Waals surface area contributed by atoms with Crippen LogP contribution in [0.3, 0.4) is 0 Å². The normalized spacial score (nSPS) is 17.0. The molecule has 104 valence electrons. The highest BCUT2D eigenvalue weighted by Gasteiger charge is 2.33. The molecule has 0 spiro atoms. The lowest BCUT2D eigenvalue weighted by Gasteiger charge is -2.07. The largest absolute Gasteiger partial charge is 0.465 e. The average molecular weight is 288 g/mol. The third-order valence-corrected chi connectivity index (χ3v) is 4.63. The van der Waals surface area contributed by atoms with Gasteiger partial charge in [0.1, 0.15) is 10.9 Å². The van der Waals surface area contributed by atoms with Crippen LogP contribution in [0.25, 0.3) is 10.6 Å². The first-order valence-electron chi connectivity index (χ1n) is 6.78. The number of esters is 1. The van der Waals surface area contributed by atoms with Gasteiger partial charge in [-0.1, -0.05) is 0 Å². The third kappa shape index (κ3) is 2.33. The van der Waals surface area contributed by atoms with Crippen molar-refractivity contribution in [2.24, 2.45) is 0 Å². The lowest BCUT2D eigenvalue weighted by molar-refractivity contribution is -0.145. The molecule has 1 unspecified atom stereocenters. The second-order valence-electron chi connectivity index (χ2n) is 4.86. The van der Waals surface area contributed by atoms with Crippen LogP contribution in [-0.4, -0.2) is 22.5 Å². The number of nitrogens with zero attached hydrogens (tertiary/aromatic N) is 2. The fourth-order valence-electron chi connectivity index (χ4n) is 2.42. The van der Waals surface area contributed by atoms with Crippen molar-refractivity contribution in [3.8, 4) is 10.6 Å². The van der Waals surface area contributed by atoms with E-state index in [4.69, 9.17) is 4.74 Å². The number of rotatable bonds is 3. The molecule has 2 aromatic heterocycles. The number of hydrogen-bond acceptors (Lipinski definition) is 5. The summed E-state index contributed by atoms with van der Waals surface area (Å²) < 4.78 is 5.13. The zero-order chi connectivity index (χ0) is 14.1. The topological polar surface area (TPSA) is 52.1 Å². The first-order valence-corrected chi connectivity index (χ1v) is 7.60. The fourth-order valence-corrected chi connectivity index (χ4v) is 3.55. The van der Waals surface area contributed by atoms with Crippen molar-refractivity contribution in [3.63, 3.8) is 0 Å². The van der Waals surface area contributed by atoms with Gasteiger partial charge in [0, 0.05) is 22.3 Å². The predicted octanol–water partition coefficient (Wildman–Crippen LogP) is 3.11. The highest BCUT2D eigenvalue weighted by molar-refractivity contribution is 7.15. The van der Waals surface area contributed by atoms with E-state index in [-0.39, 0.29) is 11.9 Å². The molecule has 0 amide bonds. The standard InChI is InChI=1S/C15H16N2O2S/c1-3-19-15(18)11-6-7-12-13(11)17-14(20-12)10-5-4-9(2)16-8-10/h4-5,8,11H,3,6-7H2,1-2H3. The van der Waals surface area contributed by atoms with Gasteiger partial charge in [0.15, 0.2) is 0 Å². The van der Waals surface area contributed by atoms with Gasteiger partial charge in [0.2, 0.25) is 0 Å². The monoisotopic (exact) mass is 288 g/mol. The number of carbonyl (C=O) groups is 1. The molecule has 0 fully saturated rings. The maximum atomic E-state index is 11.9. The van der Waals surface area contributed by atoms with E-state index < -0.39 is 0 Å². The number of hydrogen-bond donors (Lipinski definition) is 0. The minimum absolute atomic E-state index is 0.148. The molecule has 20 heavy (non-hydrogen) atoms. The molecule has 1 aliphatic carbocycles. The van der Waals surface area contributed by atoms with Gasteiger partial charge in [-0.05, 0) is 38.8 Å². The summed E-state index contributed by atoms with van der Waals surface area (Å²) in [7, 11) is 0. The van der Waals surface area contributed by atoms with Crippen LogP contribution < -0.4 is 0 Å². The first-order chi connectivity index (χ1) is 9.69. The molecule has 0 saturated heterocycles. The predicted molar refractivity (Wildman–Crippen MR) is 77.8 cm³/mol. The van der Waals surface area contributed by atoms with Gasteiger partial charge in [0.05, 0.1) is 12.3 Å². The Morgan fingerprint density at radius 2 is 2.35 bits per heavy atom. The molecule has 2 heterocycles. The van der Waals surface area contributed by atoms with Crippen molar-refractivity contribution >= 4 is 17.3 Å². The van der Waals surface area contributed by atoms with Crippen molar-refractivity contribution < 1.29 is 9.53 Å². The van der Waals surface area contributed by atoms with Gasteiger partial charge >= 0.3 is 5.97 Å². The molecule has 0 aliphatic heterocycles. The Hall–Kier alpha value is -1.75. The van der Waals surface area contributed by atoms with Gasteiger partial charge in [-0.2, -0.15) is 0 Å². The Labute approximate surface area is 121 Å². The van der Waals surface area contributed by atoms with Gasteiger partial charge in [0.25, 0.3) is 0 Å². The van der Waals surface area contributed by atoms with Gasteiger partial charge in [-0.3, -0.25) is 9.78 Å². The third-order valence-electron chi connectivity index (χ3n) is 3.45. The highest BCUT2D eigenvalue weighted by Crippen LogP contribution is 2.40. The van der Waals surface area contributed by atoms with E-state index in [2.05, 4.69) is 9.97 Å². The number of thiazole rings is 1. The summed E-state index contributed by atoms with van der Waals surface area (Å²) in [4.78, 5) is 22.1. The summed E-state index contributed by atoms with van der Waals surface area (Å²) in [6, 6.07) is 4.00. The molecule has 0 radical (unpaired) electrons. The van der Waals surface area contributed by atoms with E-state index in [1.54, 1.807) is 11.3 Å². The van der Waals surface area contributed by atoms with Crippen molar-refractivity contribution in [3.05, 3.63) is 34.6 Å². The summed E-state index contributed by atoms with van der Waals surface area (Å²) >= 11 is 1.66. The van der Waals surface area contributed by atoms with Crippen molar-refractivity contribution in [2.45, 2.75) is 32.6 Å². The minimum Gasteiger partial charge on any atom is -0.465 e. The molecule has 0 saturated carbocycles. The summed E-state index contributed by atoms with van der Waals surface area (Å²) in [6.45, 7) is 4.21. The van der Waals surface area contributed by atoms with Crippen LogP contribution in [-0.2, 0) is 16.0 Å².